The van der Waals surface area contributed by atoms with E-state index in [1.807, 2.05) is 0 Å². The molecule has 8 aromatic rings. The number of thioether (sulfide) groups is 3. The molecule has 0 saturated carbocycles. The number of benzene rings is 8. The zero-order valence-electron chi connectivity index (χ0n) is 57.4. The summed E-state index contributed by atoms with van der Waals surface area (Å²) in [6.45, 7) is 1.34. The number of nitrogens with zero attached hydrogens (tertiary/aromatic N) is 7. The number of rotatable bonds is 27. The van der Waals surface area contributed by atoms with Gasteiger partial charge in [-0.25, -0.2) is 41.4 Å². The van der Waals surface area contributed by atoms with E-state index in [-0.39, 0.29) is 153 Å². The average Bonchev–Trinajstić information content (AvgIpc) is 1.67. The Morgan fingerprint density at radius 3 is 1.41 bits per heavy atom. The van der Waals surface area contributed by atoms with Crippen LogP contribution < -0.4 is 17.2 Å². The minimum absolute atomic E-state index is 0.00132. The molecule has 0 aromatic heterocycles. The Labute approximate surface area is 655 Å². The van der Waals surface area contributed by atoms with Crippen molar-refractivity contribution in [3.8, 4) is 6.07 Å². The molecule has 3 aliphatic rings. The second kappa shape index (κ2) is 33.6. The highest BCUT2D eigenvalue weighted by atomic mass is 35.5. The van der Waals surface area contributed by atoms with Crippen LogP contribution in [0.15, 0.2) is 167 Å². The van der Waals surface area contributed by atoms with Gasteiger partial charge in [0, 0.05) is 60.9 Å². The van der Waals surface area contributed by atoms with Gasteiger partial charge < -0.3 is 31.4 Å². The molecule has 0 saturated heterocycles. The number of hydrogen-bond acceptors (Lipinski definition) is 16. The first-order chi connectivity index (χ1) is 51.2. The van der Waals surface area contributed by atoms with Crippen molar-refractivity contribution in [2.45, 2.75) is 90.2 Å². The van der Waals surface area contributed by atoms with E-state index in [4.69, 9.17) is 116 Å². The van der Waals surface area contributed by atoms with Crippen LogP contribution in [0.25, 0.3) is 0 Å². The second-order valence-electron chi connectivity index (χ2n) is 25.1. The monoisotopic (exact) mass is 1630 g/mol. The highest BCUT2D eigenvalue weighted by molar-refractivity contribution is 8.16. The van der Waals surface area contributed by atoms with Crippen molar-refractivity contribution in [2.75, 3.05) is 41.0 Å². The van der Waals surface area contributed by atoms with Crippen molar-refractivity contribution in [1.29, 1.82) is 5.26 Å². The largest absolute Gasteiger partial charge is 0.372 e. The molecule has 558 valence electrons. The summed E-state index contributed by atoms with van der Waals surface area (Å²) in [4.78, 5) is 45.2. The SMILES string of the molecule is CO[C@@H](C)C(=O)N1N=C(c2cc(F)ccc2F)SC1(CCCN)c1c(CC(OC)(C(=O)N2N=C(c3cc(F)ccc3F)SC2(CCCN)c2cccc(Cl)c2)c2cccc(Cl)c2)ccc(C#N)c1C[C@@](OC)(C(=O)N1N=C(c2cc(F)ccc2F)SC1(CCCN)c1ccc(Cl)c(Cl)c1)c1ccc(Cl)c(Cl)c1. The molecule has 3 heterocycles. The maximum Gasteiger partial charge on any atom is 0.281 e. The van der Waals surface area contributed by atoms with Gasteiger partial charge in [-0.15, -0.1) is 0 Å². The summed E-state index contributed by atoms with van der Waals surface area (Å²) < 4.78 is 116. The summed E-state index contributed by atoms with van der Waals surface area (Å²) in [5.41, 5.74) is 13.0. The maximum absolute atomic E-state index is 17.6. The van der Waals surface area contributed by atoms with Crippen LogP contribution >= 0.6 is 105 Å². The smallest absolute Gasteiger partial charge is 0.281 e. The predicted octanol–water partition coefficient (Wildman–Crippen LogP) is 17.4. The van der Waals surface area contributed by atoms with E-state index in [9.17, 15) is 5.26 Å². The number of hydrogen-bond donors (Lipinski definition) is 3. The molecule has 3 aliphatic heterocycles. The quantitative estimate of drug-likeness (QED) is 0.0408. The summed E-state index contributed by atoms with van der Waals surface area (Å²) >= 11 is 43.6. The van der Waals surface area contributed by atoms with Gasteiger partial charge in [0.25, 0.3) is 17.7 Å². The molecule has 4 unspecified atom stereocenters. The number of ether oxygens (including phenoxy) is 3. The van der Waals surface area contributed by atoms with E-state index in [0.717, 1.165) is 105 Å². The molecule has 11 rings (SSSR count). The third-order valence-corrected chi connectivity index (χ3v) is 25.1. The first-order valence-electron chi connectivity index (χ1n) is 33.1. The maximum atomic E-state index is 17.6. The van der Waals surface area contributed by atoms with E-state index in [0.29, 0.717) is 5.56 Å². The number of amides is 3. The van der Waals surface area contributed by atoms with Gasteiger partial charge in [0.15, 0.2) is 11.2 Å². The molecule has 6 atom stereocenters. The van der Waals surface area contributed by atoms with Gasteiger partial charge in [-0.1, -0.05) is 147 Å². The topological polar surface area (TPSA) is 228 Å². The average molecular weight is 1640 g/mol. The molecule has 16 nitrogen and oxygen atoms in total. The summed E-state index contributed by atoms with van der Waals surface area (Å²) in [6, 6.07) is 34.5. The first-order valence-corrected chi connectivity index (χ1v) is 37.8. The number of nitrogens with two attached hydrogens (primary N) is 3. The van der Waals surface area contributed by atoms with Gasteiger partial charge >= 0.3 is 0 Å². The standard InChI is InChI=1S/C76H66Cl6F6N10O6S3/c1-42(102-2)69(99)96-76(28-9-31-91,107-66(93-96)54-36-51(83)18-23-62(54)86)65-43(39-72(103-3,45-10-5-12-49(77)32-45)70(100)97-74(26-7-29-89,47-11-6-13-50(78)33-47)105-67(94-97)55-37-52(84)19-24-63(55)87)14-15-44(41-92)57(65)40-73(104-4,46-16-21-58(79)60(81)34-46)71(101)98-75(27-8-30-90,48-17-22-59(80)61(82)35-48)106-68(95-98)56-38-53(85)20-25-64(56)88/h5-6,10-25,32-38,42H,7-9,26-31,39-40,89-91H2,1-4H3/t42-,72?,73-,74?,75?,76?/m0/s1. The lowest BCUT2D eigenvalue weighted by molar-refractivity contribution is -0.161. The fraction of sp³-hybridized carbons (Fsp3) is 0.276. The number of nitriles is 1. The lowest BCUT2D eigenvalue weighted by atomic mass is 9.76. The molecular formula is C76H66Cl6F6N10O6S3. The molecule has 0 spiro atoms. The van der Waals surface area contributed by atoms with E-state index in [1.54, 1.807) is 42.5 Å². The molecule has 3 amide bonds. The Balaban J connectivity index is 1.28. The molecule has 0 radical (unpaired) electrons. The highest BCUT2D eigenvalue weighted by Gasteiger charge is 2.60. The van der Waals surface area contributed by atoms with Gasteiger partial charge in [-0.2, -0.15) is 20.6 Å². The van der Waals surface area contributed by atoms with Gasteiger partial charge in [-0.05, 0) is 213 Å². The summed E-state index contributed by atoms with van der Waals surface area (Å²) in [7, 11) is 3.66. The van der Waals surface area contributed by atoms with Crippen LogP contribution in [0.5, 0.6) is 0 Å². The van der Waals surface area contributed by atoms with Crippen LogP contribution in [0.3, 0.4) is 0 Å². The highest BCUT2D eigenvalue weighted by Crippen LogP contribution is 2.59. The number of hydrazone groups is 3. The van der Waals surface area contributed by atoms with Gasteiger partial charge in [0.1, 0.15) is 70.8 Å². The molecule has 0 bridgehead atoms. The predicted molar refractivity (Wildman–Crippen MR) is 410 cm³/mol. The van der Waals surface area contributed by atoms with Crippen molar-refractivity contribution < 1.29 is 54.9 Å². The second-order valence-corrected chi connectivity index (χ2v) is 31.4. The van der Waals surface area contributed by atoms with Gasteiger partial charge in [0.05, 0.1) is 31.7 Å². The zero-order chi connectivity index (χ0) is 77.1. The summed E-state index contributed by atoms with van der Waals surface area (Å²) in [5.74, 6) is -8.39. The van der Waals surface area contributed by atoms with E-state index in [1.165, 1.54) is 82.9 Å². The normalized spacial score (nSPS) is 19.3. The zero-order valence-corrected chi connectivity index (χ0v) is 64.3. The summed E-state index contributed by atoms with van der Waals surface area (Å²) in [5, 5.41) is 29.6. The Morgan fingerprint density at radius 1 is 0.514 bits per heavy atom. The van der Waals surface area contributed by atoms with Crippen LogP contribution in [-0.2, 0) is 67.3 Å². The Kier molecular flexibility index (Phi) is 25.3. The molecule has 6 N–H and O–H groups in total. The molecule has 31 heteroatoms. The first kappa shape index (κ1) is 80.8. The van der Waals surface area contributed by atoms with Gasteiger partial charge in [0.2, 0.25) is 0 Å². The third kappa shape index (κ3) is 15.4. The number of methoxy groups -OCH3 is 3. The minimum Gasteiger partial charge on any atom is -0.372 e. The third-order valence-electron chi connectivity index (χ3n) is 18.8. The number of carbonyl (C=O) groups excluding carboxylic acids is 3. The molecule has 8 aromatic carbocycles. The van der Waals surface area contributed by atoms with Crippen molar-refractivity contribution in [3.05, 3.63) is 278 Å². The minimum atomic E-state index is -2.63. The Bertz CT molecular complexity index is 4960. The Morgan fingerprint density at radius 2 is 0.953 bits per heavy atom. The number of carbonyl (C=O) groups is 3. The van der Waals surface area contributed by atoms with Crippen LogP contribution in [-0.4, -0.2) is 94.9 Å². The molecule has 0 fully saturated rings. The fourth-order valence-corrected chi connectivity index (χ4v) is 18.8. The lowest BCUT2D eigenvalue weighted by Gasteiger charge is -2.44. The Hall–Kier alpha value is -7.20. The molecular weight excluding hydrogens is 1570 g/mol. The van der Waals surface area contributed by atoms with Crippen molar-refractivity contribution in [2.24, 2.45) is 32.5 Å². The summed E-state index contributed by atoms with van der Waals surface area (Å²) in [6.07, 6.45) is -3.10. The van der Waals surface area contributed by atoms with E-state index >= 15 is 40.7 Å². The van der Waals surface area contributed by atoms with Crippen LogP contribution in [0, 0.1) is 46.2 Å². The van der Waals surface area contributed by atoms with Crippen molar-refractivity contribution in [1.82, 2.24) is 15.0 Å². The van der Waals surface area contributed by atoms with Crippen molar-refractivity contribution >= 4 is 138 Å². The van der Waals surface area contributed by atoms with Gasteiger partial charge in [-0.3, -0.25) is 14.4 Å². The van der Waals surface area contributed by atoms with Crippen LogP contribution in [0.2, 0.25) is 30.1 Å². The number of halogens is 12. The fourth-order valence-electron chi connectivity index (χ4n) is 13.4. The van der Waals surface area contributed by atoms with Crippen LogP contribution in [0.4, 0.5) is 26.3 Å². The molecule has 0 aliphatic carbocycles. The van der Waals surface area contributed by atoms with E-state index < -0.39 is 103 Å². The molecule has 107 heavy (non-hydrogen) atoms. The van der Waals surface area contributed by atoms with E-state index in [2.05, 4.69) is 6.07 Å². The lowest BCUT2D eigenvalue weighted by Crippen LogP contribution is -2.54. The van der Waals surface area contributed by atoms with Crippen LogP contribution in [0.1, 0.15) is 107 Å². The van der Waals surface area contributed by atoms with Crippen molar-refractivity contribution in [3.63, 3.8) is 0 Å².